The summed E-state index contributed by atoms with van der Waals surface area (Å²) in [6.45, 7) is 6.41. The predicted octanol–water partition coefficient (Wildman–Crippen LogP) is 2.56. The van der Waals surface area contributed by atoms with Gasteiger partial charge in [0.05, 0.1) is 13.2 Å². The number of ether oxygens (including phenoxy) is 2. The topological polar surface area (TPSA) is 64.6 Å². The molecular formula is C16H27NO4. The molecule has 0 saturated heterocycles. The second-order valence-corrected chi connectivity index (χ2v) is 5.33. The maximum Gasteiger partial charge on any atom is 0.347 e. The van der Waals surface area contributed by atoms with Gasteiger partial charge in [-0.15, -0.1) is 0 Å². The van der Waals surface area contributed by atoms with Gasteiger partial charge in [0.1, 0.15) is 0 Å². The van der Waals surface area contributed by atoms with Crippen molar-refractivity contribution in [1.29, 1.82) is 0 Å². The lowest BCUT2D eigenvalue weighted by Gasteiger charge is -2.23. The third-order valence-electron chi connectivity index (χ3n) is 3.71. The van der Waals surface area contributed by atoms with Crippen LogP contribution in [0.3, 0.4) is 0 Å². The molecule has 1 aliphatic rings. The van der Waals surface area contributed by atoms with E-state index in [0.29, 0.717) is 11.6 Å². The first-order valence-electron chi connectivity index (χ1n) is 7.89. The fourth-order valence-corrected chi connectivity index (χ4v) is 2.57. The van der Waals surface area contributed by atoms with Crippen LogP contribution in [-0.2, 0) is 19.1 Å². The molecule has 0 radical (unpaired) electrons. The van der Waals surface area contributed by atoms with E-state index in [9.17, 15) is 9.59 Å². The summed E-state index contributed by atoms with van der Waals surface area (Å²) < 4.78 is 9.89. The molecule has 0 aromatic rings. The minimum Gasteiger partial charge on any atom is -0.462 e. The predicted molar refractivity (Wildman–Crippen MR) is 80.5 cm³/mol. The highest BCUT2D eigenvalue weighted by atomic mass is 16.6. The Labute approximate surface area is 127 Å². The summed E-state index contributed by atoms with van der Waals surface area (Å²) in [4.78, 5) is 23.9. The Bertz CT molecular complexity index is 364. The van der Waals surface area contributed by atoms with Gasteiger partial charge in [0, 0.05) is 12.2 Å². The number of esters is 2. The van der Waals surface area contributed by atoms with Crippen molar-refractivity contribution in [1.82, 2.24) is 5.32 Å². The maximum absolute atomic E-state index is 11.9. The smallest absolute Gasteiger partial charge is 0.347 e. The molecule has 1 fully saturated rings. The van der Waals surface area contributed by atoms with E-state index in [-0.39, 0.29) is 18.8 Å². The Hall–Kier alpha value is -1.52. The summed E-state index contributed by atoms with van der Waals surface area (Å²) >= 11 is 0. The summed E-state index contributed by atoms with van der Waals surface area (Å²) in [5.74, 6) is -0.631. The van der Waals surface area contributed by atoms with Crippen molar-refractivity contribution in [2.75, 3.05) is 19.8 Å². The van der Waals surface area contributed by atoms with E-state index in [2.05, 4.69) is 5.32 Å². The lowest BCUT2D eigenvalue weighted by molar-refractivity contribution is -0.146. The van der Waals surface area contributed by atoms with Gasteiger partial charge >= 0.3 is 11.9 Å². The van der Waals surface area contributed by atoms with E-state index < -0.39 is 11.9 Å². The molecule has 0 spiro atoms. The van der Waals surface area contributed by atoms with Crippen molar-refractivity contribution in [3.63, 3.8) is 0 Å². The Morgan fingerprint density at radius 3 is 2.00 bits per heavy atom. The third kappa shape index (κ3) is 5.78. The Kier molecular flexibility index (Phi) is 7.87. The molecule has 1 saturated carbocycles. The molecule has 0 aliphatic heterocycles. The minimum atomic E-state index is -0.621. The normalized spacial score (nSPS) is 15.2. The standard InChI is InChI=1S/C16H27NO4/c1-4-20-15(18)14(16(19)21-5-2)12(3)17-11-13-9-7-6-8-10-13/h13,17H,4-11H2,1-3H3. The lowest BCUT2D eigenvalue weighted by atomic mass is 9.89. The first kappa shape index (κ1) is 17.5. The molecule has 0 heterocycles. The number of nitrogens with one attached hydrogen (secondary N) is 1. The second-order valence-electron chi connectivity index (χ2n) is 5.33. The average Bonchev–Trinajstić information content (AvgIpc) is 2.47. The number of hydrogen-bond acceptors (Lipinski definition) is 5. The Balaban J connectivity index is 2.71. The van der Waals surface area contributed by atoms with Gasteiger partial charge in [-0.25, -0.2) is 9.59 Å². The molecule has 0 aromatic carbocycles. The number of carbonyl (C=O) groups is 2. The molecule has 0 bridgehead atoms. The first-order chi connectivity index (χ1) is 10.1. The third-order valence-corrected chi connectivity index (χ3v) is 3.71. The van der Waals surface area contributed by atoms with Crippen molar-refractivity contribution in [3.8, 4) is 0 Å². The van der Waals surface area contributed by atoms with Crippen LogP contribution in [0.1, 0.15) is 52.9 Å². The van der Waals surface area contributed by atoms with Gasteiger partial charge in [0.2, 0.25) is 0 Å². The molecule has 1 N–H and O–H groups in total. The van der Waals surface area contributed by atoms with Crippen LogP contribution in [0, 0.1) is 5.92 Å². The van der Waals surface area contributed by atoms with E-state index in [4.69, 9.17) is 9.47 Å². The molecule has 120 valence electrons. The van der Waals surface area contributed by atoms with E-state index in [1.807, 2.05) is 0 Å². The van der Waals surface area contributed by atoms with Gasteiger partial charge in [0.15, 0.2) is 5.57 Å². The number of rotatable bonds is 7. The summed E-state index contributed by atoms with van der Waals surface area (Å²) in [6.07, 6.45) is 6.24. The van der Waals surface area contributed by atoms with Crippen LogP contribution in [0.2, 0.25) is 0 Å². The monoisotopic (exact) mass is 297 g/mol. The van der Waals surface area contributed by atoms with Crippen LogP contribution in [0.4, 0.5) is 0 Å². The minimum absolute atomic E-state index is 0.0190. The summed E-state index contributed by atoms with van der Waals surface area (Å²) in [7, 11) is 0. The van der Waals surface area contributed by atoms with Crippen molar-refractivity contribution >= 4 is 11.9 Å². The molecule has 1 aliphatic carbocycles. The zero-order chi connectivity index (χ0) is 15.7. The number of allylic oxidation sites excluding steroid dienone is 1. The van der Waals surface area contributed by atoms with Crippen molar-refractivity contribution < 1.29 is 19.1 Å². The largest absolute Gasteiger partial charge is 0.462 e. The highest BCUT2D eigenvalue weighted by Crippen LogP contribution is 2.23. The Morgan fingerprint density at radius 2 is 1.52 bits per heavy atom. The van der Waals surface area contributed by atoms with Crippen LogP contribution >= 0.6 is 0 Å². The number of carbonyl (C=O) groups excluding carboxylic acids is 2. The first-order valence-corrected chi connectivity index (χ1v) is 7.89. The SMILES string of the molecule is CCOC(=O)C(C(=O)OCC)=C(C)NCC1CCCCC1. The highest BCUT2D eigenvalue weighted by molar-refractivity contribution is 6.14. The molecule has 0 amide bonds. The van der Waals surface area contributed by atoms with E-state index in [1.165, 1.54) is 32.1 Å². The van der Waals surface area contributed by atoms with Gasteiger partial charge in [-0.3, -0.25) is 0 Å². The fourth-order valence-electron chi connectivity index (χ4n) is 2.57. The van der Waals surface area contributed by atoms with Gasteiger partial charge < -0.3 is 14.8 Å². The zero-order valence-corrected chi connectivity index (χ0v) is 13.4. The van der Waals surface area contributed by atoms with Gasteiger partial charge in [0.25, 0.3) is 0 Å². The Morgan fingerprint density at radius 1 is 1.00 bits per heavy atom. The quantitative estimate of drug-likeness (QED) is 0.338. The van der Waals surface area contributed by atoms with E-state index in [1.54, 1.807) is 20.8 Å². The average molecular weight is 297 g/mol. The van der Waals surface area contributed by atoms with Crippen LogP contribution in [0.5, 0.6) is 0 Å². The van der Waals surface area contributed by atoms with E-state index in [0.717, 1.165) is 6.54 Å². The molecule has 5 nitrogen and oxygen atoms in total. The van der Waals surface area contributed by atoms with Crippen LogP contribution in [-0.4, -0.2) is 31.7 Å². The van der Waals surface area contributed by atoms with Gasteiger partial charge in [-0.05, 0) is 39.5 Å². The van der Waals surface area contributed by atoms with Crippen molar-refractivity contribution in [2.45, 2.75) is 52.9 Å². The molecule has 0 atom stereocenters. The molecular weight excluding hydrogens is 270 g/mol. The van der Waals surface area contributed by atoms with Crippen molar-refractivity contribution in [2.24, 2.45) is 5.92 Å². The second kappa shape index (κ2) is 9.42. The molecule has 1 rings (SSSR count). The highest BCUT2D eigenvalue weighted by Gasteiger charge is 2.24. The van der Waals surface area contributed by atoms with Gasteiger partial charge in [-0.2, -0.15) is 0 Å². The summed E-state index contributed by atoms with van der Waals surface area (Å²) in [5, 5.41) is 3.21. The van der Waals surface area contributed by atoms with Gasteiger partial charge in [-0.1, -0.05) is 19.3 Å². The number of hydrogen-bond donors (Lipinski definition) is 1. The summed E-state index contributed by atoms with van der Waals surface area (Å²) in [5.41, 5.74) is 0.520. The van der Waals surface area contributed by atoms with Crippen LogP contribution in [0.25, 0.3) is 0 Å². The van der Waals surface area contributed by atoms with Crippen LogP contribution < -0.4 is 5.32 Å². The van der Waals surface area contributed by atoms with E-state index >= 15 is 0 Å². The molecule has 21 heavy (non-hydrogen) atoms. The van der Waals surface area contributed by atoms with Crippen LogP contribution in [0.15, 0.2) is 11.3 Å². The lowest BCUT2D eigenvalue weighted by Crippen LogP contribution is -2.28. The van der Waals surface area contributed by atoms with Crippen molar-refractivity contribution in [3.05, 3.63) is 11.3 Å². The fraction of sp³-hybridized carbons (Fsp3) is 0.750. The molecule has 0 unspecified atom stereocenters. The zero-order valence-electron chi connectivity index (χ0n) is 13.4. The molecule has 5 heteroatoms. The molecule has 0 aromatic heterocycles. The summed E-state index contributed by atoms with van der Waals surface area (Å²) in [6, 6.07) is 0. The maximum atomic E-state index is 11.9.